The molecule has 0 fully saturated rings. The van der Waals surface area contributed by atoms with Gasteiger partial charge in [0.05, 0.1) is 5.56 Å². The Balaban J connectivity index is 2.53. The third-order valence-electron chi connectivity index (χ3n) is 1.90. The number of rotatable bonds is 2. The van der Waals surface area contributed by atoms with Crippen LogP contribution in [-0.4, -0.2) is 26.0 Å². The second kappa shape index (κ2) is 3.96. The Morgan fingerprint density at radius 2 is 1.88 bits per heavy atom. The smallest absolute Gasteiger partial charge is 0.298 e. The molecular weight excluding hydrogens is 237 g/mol. The van der Waals surface area contributed by atoms with Crippen LogP contribution in [0.1, 0.15) is 16.1 Å². The lowest BCUT2D eigenvalue weighted by molar-refractivity contribution is -0.141. The number of carbonyl (C=O) groups is 1. The van der Waals surface area contributed by atoms with Crippen molar-refractivity contribution in [3.05, 3.63) is 35.9 Å². The van der Waals surface area contributed by atoms with Crippen LogP contribution in [0.25, 0.3) is 5.95 Å². The van der Waals surface area contributed by atoms with E-state index in [1.54, 1.807) is 0 Å². The first-order valence-electron chi connectivity index (χ1n) is 4.42. The quantitative estimate of drug-likeness (QED) is 0.748. The van der Waals surface area contributed by atoms with Crippen molar-refractivity contribution in [2.24, 2.45) is 0 Å². The number of aromatic nitrogens is 4. The Labute approximate surface area is 92.9 Å². The highest BCUT2D eigenvalue weighted by Gasteiger charge is 2.37. The fourth-order valence-electron chi connectivity index (χ4n) is 1.21. The van der Waals surface area contributed by atoms with E-state index in [9.17, 15) is 18.0 Å². The van der Waals surface area contributed by atoms with Gasteiger partial charge < -0.3 is 0 Å². The van der Waals surface area contributed by atoms with Crippen LogP contribution < -0.4 is 0 Å². The molecular formula is C9H5F3N4O. The van der Waals surface area contributed by atoms with E-state index < -0.39 is 17.4 Å². The third-order valence-corrected chi connectivity index (χ3v) is 1.90. The van der Waals surface area contributed by atoms with Gasteiger partial charge in [0.2, 0.25) is 5.95 Å². The number of nitrogens with zero attached hydrogens (tertiary/aromatic N) is 4. The summed E-state index contributed by atoms with van der Waals surface area (Å²) in [4.78, 5) is 18.0. The summed E-state index contributed by atoms with van der Waals surface area (Å²) in [7, 11) is 0. The number of aldehydes is 1. The van der Waals surface area contributed by atoms with Crippen LogP contribution in [0.15, 0.2) is 24.7 Å². The zero-order valence-corrected chi connectivity index (χ0v) is 8.22. The molecule has 0 radical (unpaired) electrons. The van der Waals surface area contributed by atoms with Crippen LogP contribution in [0.5, 0.6) is 0 Å². The molecule has 0 saturated heterocycles. The zero-order chi connectivity index (χ0) is 12.5. The maximum absolute atomic E-state index is 12.5. The molecule has 2 aromatic heterocycles. The summed E-state index contributed by atoms with van der Waals surface area (Å²) in [5.41, 5.74) is -1.80. The first kappa shape index (κ1) is 11.2. The molecule has 0 N–H and O–H groups in total. The Bertz CT molecular complexity index is 535. The summed E-state index contributed by atoms with van der Waals surface area (Å²) >= 11 is 0. The average molecular weight is 242 g/mol. The molecule has 17 heavy (non-hydrogen) atoms. The molecule has 0 spiro atoms. The van der Waals surface area contributed by atoms with Crippen LogP contribution in [0, 0.1) is 0 Å². The summed E-state index contributed by atoms with van der Waals surface area (Å²) in [6, 6.07) is 1.51. The van der Waals surface area contributed by atoms with E-state index >= 15 is 0 Å². The van der Waals surface area contributed by atoms with Gasteiger partial charge in [0, 0.05) is 18.6 Å². The van der Waals surface area contributed by atoms with Crippen LogP contribution in [0.3, 0.4) is 0 Å². The van der Waals surface area contributed by atoms with Gasteiger partial charge in [0.1, 0.15) is 0 Å². The standard InChI is InChI=1S/C9H5F3N4O/c10-9(11,12)7-6(5-17)4-16(15-7)8-13-2-1-3-14-8/h1-5H. The van der Waals surface area contributed by atoms with E-state index in [0.29, 0.717) is 0 Å². The molecule has 0 aliphatic rings. The minimum absolute atomic E-state index is 0.0360. The lowest BCUT2D eigenvalue weighted by Gasteiger charge is -2.01. The van der Waals surface area contributed by atoms with Crippen molar-refractivity contribution in [3.63, 3.8) is 0 Å². The SMILES string of the molecule is O=Cc1cn(-c2ncccn2)nc1C(F)(F)F. The van der Waals surface area contributed by atoms with E-state index in [0.717, 1.165) is 10.9 Å². The predicted molar refractivity (Wildman–Crippen MR) is 49.5 cm³/mol. The van der Waals surface area contributed by atoms with E-state index in [2.05, 4.69) is 15.1 Å². The number of alkyl halides is 3. The highest BCUT2D eigenvalue weighted by molar-refractivity contribution is 5.76. The fourth-order valence-corrected chi connectivity index (χ4v) is 1.21. The summed E-state index contributed by atoms with van der Waals surface area (Å²) < 4.78 is 38.3. The largest absolute Gasteiger partial charge is 0.435 e. The van der Waals surface area contributed by atoms with Crippen molar-refractivity contribution in [1.82, 2.24) is 19.7 Å². The monoisotopic (exact) mass is 242 g/mol. The molecule has 2 heterocycles. The molecule has 88 valence electrons. The number of hydrogen-bond donors (Lipinski definition) is 0. The van der Waals surface area contributed by atoms with Gasteiger partial charge in [-0.2, -0.15) is 18.3 Å². The molecule has 0 saturated carbocycles. The first-order chi connectivity index (χ1) is 8.02. The number of carbonyl (C=O) groups excluding carboxylic acids is 1. The van der Waals surface area contributed by atoms with Gasteiger partial charge in [-0.1, -0.05) is 0 Å². The van der Waals surface area contributed by atoms with Crippen LogP contribution in [-0.2, 0) is 6.18 Å². The minimum atomic E-state index is -4.68. The molecule has 0 aliphatic carbocycles. The first-order valence-corrected chi connectivity index (χ1v) is 4.42. The molecule has 2 aromatic rings. The summed E-state index contributed by atoms with van der Waals surface area (Å²) in [6.07, 6.45) is -0.938. The lowest BCUT2D eigenvalue weighted by atomic mass is 10.3. The van der Waals surface area contributed by atoms with Crippen LogP contribution in [0.2, 0.25) is 0 Å². The summed E-state index contributed by atoms with van der Waals surface area (Å²) in [5, 5.41) is 3.26. The molecule has 8 heteroatoms. The van der Waals surface area contributed by atoms with E-state index in [1.165, 1.54) is 18.5 Å². The van der Waals surface area contributed by atoms with Gasteiger partial charge >= 0.3 is 6.18 Å². The maximum Gasteiger partial charge on any atom is 0.435 e. The molecule has 5 nitrogen and oxygen atoms in total. The Morgan fingerprint density at radius 3 is 2.35 bits per heavy atom. The highest BCUT2D eigenvalue weighted by atomic mass is 19.4. The third kappa shape index (κ3) is 2.14. The molecule has 0 atom stereocenters. The second-order valence-electron chi connectivity index (χ2n) is 3.04. The highest BCUT2D eigenvalue weighted by Crippen LogP contribution is 2.30. The summed E-state index contributed by atoms with van der Waals surface area (Å²) in [5.74, 6) is -0.0360. The Morgan fingerprint density at radius 1 is 1.24 bits per heavy atom. The number of halogens is 3. The topological polar surface area (TPSA) is 60.7 Å². The van der Waals surface area contributed by atoms with E-state index in [-0.39, 0.29) is 12.2 Å². The lowest BCUT2D eigenvalue weighted by Crippen LogP contribution is -2.10. The van der Waals surface area contributed by atoms with Crippen molar-refractivity contribution >= 4 is 6.29 Å². The average Bonchev–Trinajstić information content (AvgIpc) is 2.74. The zero-order valence-electron chi connectivity index (χ0n) is 8.22. The van der Waals surface area contributed by atoms with Crippen LogP contribution in [0.4, 0.5) is 13.2 Å². The van der Waals surface area contributed by atoms with E-state index in [1.807, 2.05) is 0 Å². The van der Waals surface area contributed by atoms with Gasteiger partial charge in [-0.25, -0.2) is 14.6 Å². The van der Waals surface area contributed by atoms with E-state index in [4.69, 9.17) is 0 Å². The molecule has 0 bridgehead atoms. The molecule has 0 amide bonds. The fraction of sp³-hybridized carbons (Fsp3) is 0.111. The molecule has 2 rings (SSSR count). The molecule has 0 aliphatic heterocycles. The normalized spacial score (nSPS) is 11.5. The second-order valence-corrected chi connectivity index (χ2v) is 3.04. The maximum atomic E-state index is 12.5. The van der Waals surface area contributed by atoms with Crippen molar-refractivity contribution in [2.45, 2.75) is 6.18 Å². The Kier molecular flexibility index (Phi) is 2.62. The Hall–Kier alpha value is -2.25. The predicted octanol–water partition coefficient (Wildman–Crippen LogP) is 1.49. The number of hydrogen-bond acceptors (Lipinski definition) is 4. The van der Waals surface area contributed by atoms with Crippen molar-refractivity contribution < 1.29 is 18.0 Å². The molecule has 0 aromatic carbocycles. The van der Waals surface area contributed by atoms with Gasteiger partial charge in [0.25, 0.3) is 0 Å². The van der Waals surface area contributed by atoms with Crippen molar-refractivity contribution in [2.75, 3.05) is 0 Å². The van der Waals surface area contributed by atoms with Crippen LogP contribution >= 0.6 is 0 Å². The van der Waals surface area contributed by atoms with Crippen molar-refractivity contribution in [3.8, 4) is 5.95 Å². The minimum Gasteiger partial charge on any atom is -0.298 e. The van der Waals surface area contributed by atoms with Crippen molar-refractivity contribution in [1.29, 1.82) is 0 Å². The van der Waals surface area contributed by atoms with Gasteiger partial charge in [-0.3, -0.25) is 4.79 Å². The molecule has 0 unspecified atom stereocenters. The van der Waals surface area contributed by atoms with Gasteiger partial charge in [-0.05, 0) is 6.07 Å². The van der Waals surface area contributed by atoms with Gasteiger partial charge in [-0.15, -0.1) is 0 Å². The van der Waals surface area contributed by atoms with Gasteiger partial charge in [0.15, 0.2) is 12.0 Å². The summed E-state index contributed by atoms with van der Waals surface area (Å²) in [6.45, 7) is 0.